The number of rotatable bonds is 6. The predicted molar refractivity (Wildman–Crippen MR) is 64.1 cm³/mol. The first-order valence-electron chi connectivity index (χ1n) is 5.56. The van der Waals surface area contributed by atoms with Crippen LogP contribution in [0.4, 0.5) is 0 Å². The van der Waals surface area contributed by atoms with Crippen molar-refractivity contribution in [1.82, 2.24) is 15.1 Å². The van der Waals surface area contributed by atoms with Crippen LogP contribution >= 0.6 is 11.6 Å². The van der Waals surface area contributed by atoms with Crippen molar-refractivity contribution in [3.8, 4) is 0 Å². The molecule has 0 atom stereocenters. The van der Waals surface area contributed by atoms with Crippen molar-refractivity contribution in [3.05, 3.63) is 16.9 Å². The molecular formula is C11H20ClN3. The number of nitrogens with one attached hydrogen (secondary N) is 1. The van der Waals surface area contributed by atoms with E-state index in [9.17, 15) is 0 Å². The van der Waals surface area contributed by atoms with E-state index in [1.807, 2.05) is 4.68 Å². The third-order valence-corrected chi connectivity index (χ3v) is 2.49. The van der Waals surface area contributed by atoms with E-state index in [0.29, 0.717) is 5.92 Å². The van der Waals surface area contributed by atoms with Crippen LogP contribution in [0.5, 0.6) is 0 Å². The molecule has 0 aliphatic heterocycles. The maximum Gasteiger partial charge on any atom is 0.0831 e. The molecule has 3 nitrogen and oxygen atoms in total. The van der Waals surface area contributed by atoms with E-state index in [1.165, 1.54) is 0 Å². The summed E-state index contributed by atoms with van der Waals surface area (Å²) in [6, 6.07) is 0. The van der Waals surface area contributed by atoms with E-state index >= 15 is 0 Å². The zero-order chi connectivity index (χ0) is 11.3. The average Bonchev–Trinajstić information content (AvgIpc) is 2.50. The van der Waals surface area contributed by atoms with Crippen LogP contribution in [0.1, 0.15) is 32.9 Å². The smallest absolute Gasteiger partial charge is 0.0831 e. The van der Waals surface area contributed by atoms with Crippen molar-refractivity contribution in [2.45, 2.75) is 40.3 Å². The molecule has 15 heavy (non-hydrogen) atoms. The van der Waals surface area contributed by atoms with Gasteiger partial charge in [-0.15, -0.1) is 0 Å². The largest absolute Gasteiger partial charge is 0.311 e. The fourth-order valence-electron chi connectivity index (χ4n) is 1.45. The van der Waals surface area contributed by atoms with Crippen molar-refractivity contribution >= 4 is 11.6 Å². The van der Waals surface area contributed by atoms with Gasteiger partial charge in [-0.1, -0.05) is 32.4 Å². The molecule has 0 unspecified atom stereocenters. The van der Waals surface area contributed by atoms with Crippen LogP contribution in [0.15, 0.2) is 6.20 Å². The summed E-state index contributed by atoms with van der Waals surface area (Å²) in [7, 11) is 0. The maximum absolute atomic E-state index is 6.07. The molecule has 1 rings (SSSR count). The zero-order valence-corrected chi connectivity index (χ0v) is 10.5. The van der Waals surface area contributed by atoms with Crippen LogP contribution < -0.4 is 5.32 Å². The first kappa shape index (κ1) is 12.5. The summed E-state index contributed by atoms with van der Waals surface area (Å²) in [5, 5.41) is 8.39. The van der Waals surface area contributed by atoms with Gasteiger partial charge in [0.2, 0.25) is 0 Å². The quantitative estimate of drug-likeness (QED) is 0.813. The fraction of sp³-hybridized carbons (Fsp3) is 0.727. The van der Waals surface area contributed by atoms with E-state index in [1.54, 1.807) is 6.20 Å². The molecule has 0 radical (unpaired) electrons. The van der Waals surface area contributed by atoms with Crippen molar-refractivity contribution in [2.75, 3.05) is 6.54 Å². The summed E-state index contributed by atoms with van der Waals surface area (Å²) >= 11 is 6.07. The highest BCUT2D eigenvalue weighted by Gasteiger charge is 2.07. The lowest BCUT2D eigenvalue weighted by atomic mass is 10.2. The van der Waals surface area contributed by atoms with E-state index in [2.05, 4.69) is 31.2 Å². The highest BCUT2D eigenvalue weighted by atomic mass is 35.5. The van der Waals surface area contributed by atoms with Gasteiger partial charge in [-0.05, 0) is 18.9 Å². The second-order valence-electron chi connectivity index (χ2n) is 4.19. The Morgan fingerprint density at radius 2 is 2.27 bits per heavy atom. The van der Waals surface area contributed by atoms with E-state index in [-0.39, 0.29) is 0 Å². The van der Waals surface area contributed by atoms with Crippen molar-refractivity contribution < 1.29 is 0 Å². The Bertz CT molecular complexity index is 294. The van der Waals surface area contributed by atoms with Gasteiger partial charge in [0.15, 0.2) is 0 Å². The molecule has 1 heterocycles. The minimum Gasteiger partial charge on any atom is -0.311 e. The van der Waals surface area contributed by atoms with Crippen LogP contribution in [0.3, 0.4) is 0 Å². The molecule has 1 N–H and O–H groups in total. The van der Waals surface area contributed by atoms with Crippen molar-refractivity contribution in [1.29, 1.82) is 0 Å². The Labute approximate surface area is 96.8 Å². The van der Waals surface area contributed by atoms with Gasteiger partial charge in [-0.2, -0.15) is 5.10 Å². The number of aromatic nitrogens is 2. The summed E-state index contributed by atoms with van der Waals surface area (Å²) in [5.74, 6) is 0.659. The molecule has 0 aliphatic carbocycles. The minimum absolute atomic E-state index is 0.659. The lowest BCUT2D eigenvalue weighted by molar-refractivity contribution is 0.514. The molecule has 0 saturated heterocycles. The lowest BCUT2D eigenvalue weighted by Crippen LogP contribution is -2.21. The molecule has 0 aliphatic rings. The molecule has 0 spiro atoms. The second kappa shape index (κ2) is 6.13. The van der Waals surface area contributed by atoms with Gasteiger partial charge in [-0.3, -0.25) is 4.68 Å². The molecule has 0 fully saturated rings. The molecule has 1 aromatic heterocycles. The molecule has 0 saturated carbocycles. The summed E-state index contributed by atoms with van der Waals surface area (Å²) in [5.41, 5.74) is 1.10. The van der Waals surface area contributed by atoms with E-state index in [4.69, 9.17) is 11.6 Å². The van der Waals surface area contributed by atoms with Crippen molar-refractivity contribution in [3.63, 3.8) is 0 Å². The van der Waals surface area contributed by atoms with Crippen LogP contribution in [0.2, 0.25) is 5.02 Å². The molecule has 0 aromatic carbocycles. The number of hydrogen-bond donors (Lipinski definition) is 1. The van der Waals surface area contributed by atoms with Crippen LogP contribution in [-0.4, -0.2) is 16.3 Å². The topological polar surface area (TPSA) is 29.9 Å². The SMILES string of the molecule is CCCn1ncc(Cl)c1CNCC(C)C. The van der Waals surface area contributed by atoms with E-state index < -0.39 is 0 Å². The fourth-order valence-corrected chi connectivity index (χ4v) is 1.66. The van der Waals surface area contributed by atoms with E-state index in [0.717, 1.165) is 36.8 Å². The van der Waals surface area contributed by atoms with Crippen LogP contribution in [0.25, 0.3) is 0 Å². The monoisotopic (exact) mass is 229 g/mol. The summed E-state index contributed by atoms with van der Waals surface area (Å²) < 4.78 is 1.98. The van der Waals surface area contributed by atoms with Crippen LogP contribution in [-0.2, 0) is 13.1 Å². The van der Waals surface area contributed by atoms with Gasteiger partial charge in [0.1, 0.15) is 0 Å². The number of halogens is 1. The first-order chi connectivity index (χ1) is 7.15. The number of aryl methyl sites for hydroxylation is 1. The normalized spacial score (nSPS) is 11.3. The van der Waals surface area contributed by atoms with Gasteiger partial charge in [0.25, 0.3) is 0 Å². The lowest BCUT2D eigenvalue weighted by Gasteiger charge is -2.09. The minimum atomic E-state index is 0.659. The highest BCUT2D eigenvalue weighted by Crippen LogP contribution is 2.15. The van der Waals surface area contributed by atoms with Gasteiger partial charge in [0, 0.05) is 13.1 Å². The third kappa shape index (κ3) is 3.84. The molecular weight excluding hydrogens is 210 g/mol. The Morgan fingerprint density at radius 3 is 2.87 bits per heavy atom. The summed E-state index contributed by atoms with van der Waals surface area (Å²) in [6.45, 7) is 9.27. The summed E-state index contributed by atoms with van der Waals surface area (Å²) in [6.07, 6.45) is 2.80. The van der Waals surface area contributed by atoms with Crippen LogP contribution in [0, 0.1) is 5.92 Å². The third-order valence-electron chi connectivity index (χ3n) is 2.18. The van der Waals surface area contributed by atoms with Gasteiger partial charge in [0.05, 0.1) is 16.9 Å². The number of nitrogens with zero attached hydrogens (tertiary/aromatic N) is 2. The van der Waals surface area contributed by atoms with Gasteiger partial charge < -0.3 is 5.32 Å². The Morgan fingerprint density at radius 1 is 1.53 bits per heavy atom. The average molecular weight is 230 g/mol. The number of hydrogen-bond acceptors (Lipinski definition) is 2. The highest BCUT2D eigenvalue weighted by molar-refractivity contribution is 6.31. The summed E-state index contributed by atoms with van der Waals surface area (Å²) in [4.78, 5) is 0. The molecule has 1 aromatic rings. The van der Waals surface area contributed by atoms with Gasteiger partial charge in [-0.25, -0.2) is 0 Å². The molecule has 4 heteroatoms. The Hall–Kier alpha value is -0.540. The van der Waals surface area contributed by atoms with Gasteiger partial charge >= 0.3 is 0 Å². The Kier molecular flexibility index (Phi) is 5.12. The maximum atomic E-state index is 6.07. The molecule has 86 valence electrons. The molecule has 0 bridgehead atoms. The molecule has 0 amide bonds. The Balaban J connectivity index is 2.54. The van der Waals surface area contributed by atoms with Crippen molar-refractivity contribution in [2.24, 2.45) is 5.92 Å². The predicted octanol–water partition coefficient (Wildman–Crippen LogP) is 2.69. The second-order valence-corrected chi connectivity index (χ2v) is 4.59. The zero-order valence-electron chi connectivity index (χ0n) is 9.76. The first-order valence-corrected chi connectivity index (χ1v) is 5.93. The standard InChI is InChI=1S/C11H20ClN3/c1-4-5-15-11(10(12)7-14-15)8-13-6-9(2)3/h7,9,13H,4-6,8H2,1-3H3.